The molecule has 7 heteroatoms. The van der Waals surface area contributed by atoms with Gasteiger partial charge in [0.1, 0.15) is 0 Å². The van der Waals surface area contributed by atoms with Gasteiger partial charge in [-0.25, -0.2) is 4.99 Å². The molecule has 1 amide bonds. The summed E-state index contributed by atoms with van der Waals surface area (Å²) in [6.07, 6.45) is 2.76. The molecule has 0 spiro atoms. The molecular formula is C19H16BrClN2O2S. The number of amides is 1. The van der Waals surface area contributed by atoms with Crippen molar-refractivity contribution in [1.29, 1.82) is 0 Å². The number of carbonyl (C=O) groups excluding carboxylic acids is 1. The van der Waals surface area contributed by atoms with Crippen LogP contribution in [0.1, 0.15) is 18.1 Å². The van der Waals surface area contributed by atoms with Crippen LogP contribution in [0.2, 0.25) is 5.02 Å². The predicted molar refractivity (Wildman–Crippen MR) is 112 cm³/mol. The molecule has 1 aliphatic heterocycles. The highest BCUT2D eigenvalue weighted by atomic mass is 79.9. The lowest BCUT2D eigenvalue weighted by Gasteiger charge is -2.07. The molecule has 0 saturated carbocycles. The molecule has 4 nitrogen and oxygen atoms in total. The summed E-state index contributed by atoms with van der Waals surface area (Å²) in [6, 6.07) is 11.6. The molecule has 2 aromatic rings. The van der Waals surface area contributed by atoms with Gasteiger partial charge in [-0.15, -0.1) is 0 Å². The number of amidine groups is 1. The van der Waals surface area contributed by atoms with Crippen molar-refractivity contribution >= 4 is 62.1 Å². The SMILES string of the molecule is CCc1ccc(N=C2NC(=O)/C(=C/c3cc(Cl)c(OC)c(Br)c3)S2)cc1. The van der Waals surface area contributed by atoms with Crippen molar-refractivity contribution in [3.63, 3.8) is 0 Å². The first-order chi connectivity index (χ1) is 12.5. The van der Waals surface area contributed by atoms with E-state index in [0.717, 1.165) is 22.1 Å². The zero-order valence-electron chi connectivity index (χ0n) is 14.2. The van der Waals surface area contributed by atoms with E-state index in [0.29, 0.717) is 20.8 Å². The molecule has 134 valence electrons. The largest absolute Gasteiger partial charge is 0.494 e. The number of ether oxygens (including phenoxy) is 1. The average molecular weight is 452 g/mol. The van der Waals surface area contributed by atoms with Crippen LogP contribution in [0.15, 0.2) is 50.8 Å². The number of thioether (sulfide) groups is 1. The van der Waals surface area contributed by atoms with E-state index in [1.807, 2.05) is 30.3 Å². The Kier molecular flexibility index (Phi) is 6.06. The van der Waals surface area contributed by atoms with E-state index in [1.54, 1.807) is 19.3 Å². The number of benzene rings is 2. The molecule has 2 aromatic carbocycles. The van der Waals surface area contributed by atoms with Crippen molar-refractivity contribution in [2.75, 3.05) is 7.11 Å². The Balaban J connectivity index is 1.83. The van der Waals surface area contributed by atoms with Crippen LogP contribution in [0.4, 0.5) is 5.69 Å². The van der Waals surface area contributed by atoms with Crippen LogP contribution < -0.4 is 10.1 Å². The first-order valence-electron chi connectivity index (χ1n) is 7.91. The Bertz CT molecular complexity index is 887. The van der Waals surface area contributed by atoms with Gasteiger partial charge < -0.3 is 10.1 Å². The van der Waals surface area contributed by atoms with Gasteiger partial charge >= 0.3 is 0 Å². The van der Waals surface area contributed by atoms with E-state index in [1.165, 1.54) is 17.3 Å². The Morgan fingerprint density at radius 3 is 2.65 bits per heavy atom. The van der Waals surface area contributed by atoms with E-state index in [9.17, 15) is 4.79 Å². The molecule has 1 N–H and O–H groups in total. The number of halogens is 2. The van der Waals surface area contributed by atoms with Crippen molar-refractivity contribution < 1.29 is 9.53 Å². The van der Waals surface area contributed by atoms with Gasteiger partial charge in [-0.2, -0.15) is 0 Å². The molecule has 3 rings (SSSR count). The van der Waals surface area contributed by atoms with Gasteiger partial charge in [-0.05, 0) is 75.6 Å². The van der Waals surface area contributed by atoms with Crippen molar-refractivity contribution in [3.05, 3.63) is 61.9 Å². The van der Waals surface area contributed by atoms with Gasteiger partial charge in [-0.3, -0.25) is 4.79 Å². The first-order valence-corrected chi connectivity index (χ1v) is 9.90. The fourth-order valence-electron chi connectivity index (χ4n) is 2.41. The molecule has 0 atom stereocenters. The van der Waals surface area contributed by atoms with Gasteiger partial charge in [-0.1, -0.05) is 30.7 Å². The number of methoxy groups -OCH3 is 1. The summed E-state index contributed by atoms with van der Waals surface area (Å²) in [4.78, 5) is 17.3. The highest BCUT2D eigenvalue weighted by Gasteiger charge is 2.24. The molecule has 0 aromatic heterocycles. The summed E-state index contributed by atoms with van der Waals surface area (Å²) in [5.74, 6) is 0.386. The Labute approximate surface area is 169 Å². The number of carbonyl (C=O) groups is 1. The lowest BCUT2D eigenvalue weighted by molar-refractivity contribution is -0.115. The van der Waals surface area contributed by atoms with Gasteiger partial charge in [0.25, 0.3) is 5.91 Å². The van der Waals surface area contributed by atoms with E-state index in [2.05, 4.69) is 33.2 Å². The van der Waals surface area contributed by atoms with Gasteiger partial charge in [0.2, 0.25) is 0 Å². The maximum Gasteiger partial charge on any atom is 0.264 e. The number of nitrogens with one attached hydrogen (secondary N) is 1. The van der Waals surface area contributed by atoms with Crippen LogP contribution in [0, 0.1) is 0 Å². The molecule has 0 radical (unpaired) electrons. The summed E-state index contributed by atoms with van der Waals surface area (Å²) in [5, 5.41) is 3.82. The molecular weight excluding hydrogens is 436 g/mol. The Morgan fingerprint density at radius 2 is 2.04 bits per heavy atom. The van der Waals surface area contributed by atoms with Gasteiger partial charge in [0.15, 0.2) is 10.9 Å². The third-order valence-corrected chi connectivity index (χ3v) is 5.53. The summed E-state index contributed by atoms with van der Waals surface area (Å²) in [6.45, 7) is 2.11. The van der Waals surface area contributed by atoms with E-state index in [-0.39, 0.29) is 5.91 Å². The Morgan fingerprint density at radius 1 is 1.31 bits per heavy atom. The van der Waals surface area contributed by atoms with E-state index in [4.69, 9.17) is 16.3 Å². The minimum atomic E-state index is -0.179. The van der Waals surface area contributed by atoms with Crippen LogP contribution in [-0.2, 0) is 11.2 Å². The predicted octanol–water partition coefficient (Wildman–Crippen LogP) is 5.57. The lowest BCUT2D eigenvalue weighted by Crippen LogP contribution is -2.19. The van der Waals surface area contributed by atoms with E-state index < -0.39 is 0 Å². The molecule has 0 unspecified atom stereocenters. The second-order valence-electron chi connectivity index (χ2n) is 5.52. The maximum absolute atomic E-state index is 12.2. The summed E-state index contributed by atoms with van der Waals surface area (Å²) in [7, 11) is 1.56. The molecule has 1 aliphatic rings. The minimum Gasteiger partial charge on any atom is -0.494 e. The fraction of sp³-hybridized carbons (Fsp3) is 0.158. The second-order valence-corrected chi connectivity index (χ2v) is 7.81. The van der Waals surface area contributed by atoms with Crippen LogP contribution in [0.5, 0.6) is 5.75 Å². The zero-order valence-corrected chi connectivity index (χ0v) is 17.3. The molecule has 1 heterocycles. The monoisotopic (exact) mass is 450 g/mol. The number of hydrogen-bond donors (Lipinski definition) is 1. The second kappa shape index (κ2) is 8.29. The fourth-order valence-corrected chi connectivity index (χ4v) is 4.31. The lowest BCUT2D eigenvalue weighted by atomic mass is 10.2. The van der Waals surface area contributed by atoms with Crippen molar-refractivity contribution in [3.8, 4) is 5.75 Å². The highest BCUT2D eigenvalue weighted by molar-refractivity contribution is 9.10. The van der Waals surface area contributed by atoms with Gasteiger partial charge in [0, 0.05) is 0 Å². The number of aliphatic imine (C=N–C) groups is 1. The number of rotatable bonds is 4. The zero-order chi connectivity index (χ0) is 18.7. The quantitative estimate of drug-likeness (QED) is 0.619. The van der Waals surface area contributed by atoms with E-state index >= 15 is 0 Å². The minimum absolute atomic E-state index is 0.179. The summed E-state index contributed by atoms with van der Waals surface area (Å²) >= 11 is 10.9. The number of nitrogens with zero attached hydrogens (tertiary/aromatic N) is 1. The molecule has 0 aliphatic carbocycles. The summed E-state index contributed by atoms with van der Waals surface area (Å²) in [5.41, 5.74) is 2.86. The summed E-state index contributed by atoms with van der Waals surface area (Å²) < 4.78 is 5.95. The topological polar surface area (TPSA) is 50.7 Å². The molecule has 1 saturated heterocycles. The van der Waals surface area contributed by atoms with Crippen molar-refractivity contribution in [2.45, 2.75) is 13.3 Å². The van der Waals surface area contributed by atoms with Crippen molar-refractivity contribution in [2.24, 2.45) is 4.99 Å². The number of hydrogen-bond acceptors (Lipinski definition) is 4. The average Bonchev–Trinajstić information content (AvgIpc) is 2.94. The van der Waals surface area contributed by atoms with Crippen LogP contribution in [0.3, 0.4) is 0 Å². The Hall–Kier alpha value is -1.76. The standard InChI is InChI=1S/C19H16BrClN2O2S/c1-3-11-4-6-13(7-5-11)22-19-23-18(24)16(26-19)10-12-8-14(20)17(25-2)15(21)9-12/h4-10H,3H2,1-2H3,(H,22,23,24)/b16-10-. The first kappa shape index (κ1) is 19.0. The van der Waals surface area contributed by atoms with Crippen LogP contribution in [-0.4, -0.2) is 18.2 Å². The number of aryl methyl sites for hydroxylation is 1. The molecule has 1 fully saturated rings. The van der Waals surface area contributed by atoms with Gasteiger partial charge in [0.05, 0.1) is 27.2 Å². The van der Waals surface area contributed by atoms with Crippen molar-refractivity contribution in [1.82, 2.24) is 5.32 Å². The maximum atomic E-state index is 12.2. The highest BCUT2D eigenvalue weighted by Crippen LogP contribution is 2.36. The molecule has 26 heavy (non-hydrogen) atoms. The molecule has 0 bridgehead atoms. The van der Waals surface area contributed by atoms with Crippen LogP contribution >= 0.6 is 39.3 Å². The normalized spacial score (nSPS) is 17.0. The third-order valence-electron chi connectivity index (χ3n) is 3.75. The third kappa shape index (κ3) is 4.31. The van der Waals surface area contributed by atoms with Crippen LogP contribution in [0.25, 0.3) is 6.08 Å². The smallest absolute Gasteiger partial charge is 0.264 e.